The fourth-order valence-corrected chi connectivity index (χ4v) is 5.09. The molecule has 6 nitrogen and oxygen atoms in total. The predicted octanol–water partition coefficient (Wildman–Crippen LogP) is 5.27. The summed E-state index contributed by atoms with van der Waals surface area (Å²) in [5.41, 5.74) is 1.89. The van der Waals surface area contributed by atoms with Gasteiger partial charge in [-0.2, -0.15) is 0 Å². The van der Waals surface area contributed by atoms with Crippen molar-refractivity contribution in [2.75, 3.05) is 5.32 Å². The molecule has 29 heavy (non-hydrogen) atoms. The lowest BCUT2D eigenvalue weighted by molar-refractivity contribution is -0.115. The minimum Gasteiger partial charge on any atom is -0.302 e. The first-order valence-corrected chi connectivity index (χ1v) is 11.7. The maximum Gasteiger partial charge on any atom is 0.239 e. The molecule has 0 fully saturated rings. The Morgan fingerprint density at radius 2 is 2.00 bits per heavy atom. The third-order valence-corrected chi connectivity index (χ3v) is 6.93. The summed E-state index contributed by atoms with van der Waals surface area (Å²) in [6, 6.07) is 13.9. The second-order valence-electron chi connectivity index (χ2n) is 6.18. The third-order valence-electron chi connectivity index (χ3n) is 4.23. The molecule has 3 aromatic heterocycles. The number of rotatable bonds is 7. The monoisotopic (exact) mass is 441 g/mol. The van der Waals surface area contributed by atoms with Gasteiger partial charge < -0.3 is 9.88 Å². The number of anilines is 1. The summed E-state index contributed by atoms with van der Waals surface area (Å²) < 4.78 is 2.04. The van der Waals surface area contributed by atoms with Gasteiger partial charge in [-0.15, -0.1) is 32.9 Å². The average Bonchev–Trinajstić information content (AvgIpc) is 3.49. The summed E-state index contributed by atoms with van der Waals surface area (Å²) in [4.78, 5) is 18.3. The molecule has 0 saturated heterocycles. The molecule has 3 heterocycles. The zero-order valence-electron chi connectivity index (χ0n) is 15.9. The molecule has 0 aliphatic carbocycles. The maximum absolute atomic E-state index is 12.7. The van der Waals surface area contributed by atoms with Gasteiger partial charge in [-0.25, -0.2) is 4.98 Å². The molecule has 1 aromatic carbocycles. The maximum atomic E-state index is 12.7. The fraction of sp³-hybridized carbons (Fsp3) is 0.200. The average molecular weight is 442 g/mol. The number of hydrogen-bond donors (Lipinski definition) is 1. The number of thiazole rings is 1. The van der Waals surface area contributed by atoms with Crippen LogP contribution in [0.2, 0.25) is 0 Å². The molecule has 0 spiro atoms. The third kappa shape index (κ3) is 4.42. The summed E-state index contributed by atoms with van der Waals surface area (Å²) in [5.74, 6) is 0.734. The molecule has 1 N–H and O–H groups in total. The van der Waals surface area contributed by atoms with Gasteiger partial charge in [0.25, 0.3) is 0 Å². The Labute approximate surface area is 181 Å². The van der Waals surface area contributed by atoms with E-state index in [-0.39, 0.29) is 11.2 Å². The molecule has 4 aromatic rings. The highest BCUT2D eigenvalue weighted by Gasteiger charge is 2.21. The van der Waals surface area contributed by atoms with Crippen LogP contribution in [0, 0.1) is 0 Å². The smallest absolute Gasteiger partial charge is 0.239 e. The SMILES string of the molecule is CCn1c(SC(C)C(=O)Nc2nc(-c3ccccc3)cs2)nnc1-c1cccs1. The molecule has 1 unspecified atom stereocenters. The fourth-order valence-electron chi connectivity index (χ4n) is 2.74. The molecular weight excluding hydrogens is 422 g/mol. The van der Waals surface area contributed by atoms with Crippen molar-refractivity contribution in [1.29, 1.82) is 0 Å². The Balaban J connectivity index is 1.44. The minimum atomic E-state index is -0.329. The van der Waals surface area contributed by atoms with Crippen LogP contribution in [-0.4, -0.2) is 30.9 Å². The summed E-state index contributed by atoms with van der Waals surface area (Å²) in [5, 5.41) is 16.5. The van der Waals surface area contributed by atoms with E-state index < -0.39 is 0 Å². The van der Waals surface area contributed by atoms with Crippen LogP contribution < -0.4 is 5.32 Å². The van der Waals surface area contributed by atoms with Gasteiger partial charge in [-0.3, -0.25) is 4.79 Å². The van der Waals surface area contributed by atoms with Crippen LogP contribution in [0.5, 0.6) is 0 Å². The number of hydrogen-bond acceptors (Lipinski definition) is 7. The summed E-state index contributed by atoms with van der Waals surface area (Å²) in [6.07, 6.45) is 0. The summed E-state index contributed by atoms with van der Waals surface area (Å²) in [7, 11) is 0. The van der Waals surface area contributed by atoms with Crippen LogP contribution >= 0.6 is 34.4 Å². The van der Waals surface area contributed by atoms with E-state index in [1.165, 1.54) is 23.1 Å². The normalized spacial score (nSPS) is 12.1. The van der Waals surface area contributed by atoms with Crippen LogP contribution in [-0.2, 0) is 11.3 Å². The Kier molecular flexibility index (Phi) is 6.08. The standard InChI is InChI=1S/C20H19N5OS3/c1-3-25-17(16-10-7-11-27-16)23-24-20(25)29-13(2)18(26)22-19-21-15(12-28-19)14-8-5-4-6-9-14/h4-13H,3H2,1-2H3,(H,21,22,26). The van der Waals surface area contributed by atoms with E-state index in [1.54, 1.807) is 11.3 Å². The highest BCUT2D eigenvalue weighted by molar-refractivity contribution is 8.00. The zero-order chi connectivity index (χ0) is 20.2. The molecule has 4 rings (SSSR count). The molecule has 1 amide bonds. The largest absolute Gasteiger partial charge is 0.302 e. The Bertz CT molecular complexity index is 1090. The molecule has 0 saturated carbocycles. The van der Waals surface area contributed by atoms with Crippen molar-refractivity contribution in [3.8, 4) is 22.0 Å². The molecule has 1 atom stereocenters. The van der Waals surface area contributed by atoms with Crippen molar-refractivity contribution in [2.45, 2.75) is 30.8 Å². The van der Waals surface area contributed by atoms with Gasteiger partial charge in [-0.05, 0) is 25.3 Å². The van der Waals surface area contributed by atoms with Crippen molar-refractivity contribution in [2.24, 2.45) is 0 Å². The Morgan fingerprint density at radius 1 is 1.17 bits per heavy atom. The van der Waals surface area contributed by atoms with Crippen molar-refractivity contribution in [3.63, 3.8) is 0 Å². The van der Waals surface area contributed by atoms with E-state index >= 15 is 0 Å². The van der Waals surface area contributed by atoms with Crippen LogP contribution in [0.1, 0.15) is 13.8 Å². The Hall–Kier alpha value is -2.49. The summed E-state index contributed by atoms with van der Waals surface area (Å²) in [6.45, 7) is 4.66. The lowest BCUT2D eigenvalue weighted by Crippen LogP contribution is -2.22. The molecule has 0 bridgehead atoms. The van der Waals surface area contributed by atoms with Gasteiger partial charge in [-0.1, -0.05) is 48.2 Å². The first-order chi connectivity index (χ1) is 14.2. The minimum absolute atomic E-state index is 0.104. The van der Waals surface area contributed by atoms with Crippen LogP contribution in [0.15, 0.2) is 58.4 Å². The van der Waals surface area contributed by atoms with Crippen molar-refractivity contribution in [1.82, 2.24) is 19.7 Å². The van der Waals surface area contributed by atoms with E-state index in [1.807, 2.05) is 64.7 Å². The van der Waals surface area contributed by atoms with Crippen LogP contribution in [0.3, 0.4) is 0 Å². The number of thioether (sulfide) groups is 1. The predicted molar refractivity (Wildman–Crippen MR) is 121 cm³/mol. The van der Waals surface area contributed by atoms with Gasteiger partial charge in [0.1, 0.15) is 0 Å². The quantitative estimate of drug-likeness (QED) is 0.396. The van der Waals surface area contributed by atoms with Gasteiger partial charge in [0.15, 0.2) is 16.1 Å². The van der Waals surface area contributed by atoms with Gasteiger partial charge in [0.2, 0.25) is 5.91 Å². The lowest BCUT2D eigenvalue weighted by atomic mass is 10.2. The zero-order valence-corrected chi connectivity index (χ0v) is 18.4. The summed E-state index contributed by atoms with van der Waals surface area (Å²) >= 11 is 4.45. The number of nitrogens with zero attached hydrogens (tertiary/aromatic N) is 4. The second-order valence-corrected chi connectivity index (χ2v) is 9.29. The number of carbonyl (C=O) groups excluding carboxylic acids is 1. The molecule has 0 radical (unpaired) electrons. The van der Waals surface area contributed by atoms with Crippen LogP contribution in [0.4, 0.5) is 5.13 Å². The van der Waals surface area contributed by atoms with Crippen molar-refractivity contribution >= 4 is 45.5 Å². The van der Waals surface area contributed by atoms with E-state index in [9.17, 15) is 4.79 Å². The number of nitrogens with one attached hydrogen (secondary N) is 1. The molecule has 9 heteroatoms. The van der Waals surface area contributed by atoms with E-state index in [2.05, 4.69) is 27.4 Å². The van der Waals surface area contributed by atoms with Gasteiger partial charge in [0, 0.05) is 17.5 Å². The number of amides is 1. The van der Waals surface area contributed by atoms with E-state index in [0.29, 0.717) is 5.13 Å². The topological polar surface area (TPSA) is 72.7 Å². The molecule has 0 aliphatic rings. The number of carbonyl (C=O) groups is 1. The second kappa shape index (κ2) is 8.89. The van der Waals surface area contributed by atoms with Crippen LogP contribution in [0.25, 0.3) is 22.0 Å². The number of aromatic nitrogens is 4. The molecule has 0 aliphatic heterocycles. The highest BCUT2D eigenvalue weighted by Crippen LogP contribution is 2.30. The molecular formula is C20H19N5OS3. The van der Waals surface area contributed by atoms with Gasteiger partial charge in [0.05, 0.1) is 15.8 Å². The Morgan fingerprint density at radius 3 is 2.72 bits per heavy atom. The lowest BCUT2D eigenvalue weighted by Gasteiger charge is -2.11. The van der Waals surface area contributed by atoms with Crippen molar-refractivity contribution in [3.05, 3.63) is 53.2 Å². The molecule has 148 valence electrons. The van der Waals surface area contributed by atoms with E-state index in [4.69, 9.17) is 0 Å². The van der Waals surface area contributed by atoms with Crippen molar-refractivity contribution < 1.29 is 4.79 Å². The highest BCUT2D eigenvalue weighted by atomic mass is 32.2. The number of thiophene rings is 1. The number of benzene rings is 1. The van der Waals surface area contributed by atoms with E-state index in [0.717, 1.165) is 33.7 Å². The van der Waals surface area contributed by atoms with Gasteiger partial charge >= 0.3 is 0 Å². The first kappa shape index (κ1) is 19.8. The first-order valence-electron chi connectivity index (χ1n) is 9.11.